The molecule has 2 nitrogen and oxygen atoms in total. The summed E-state index contributed by atoms with van der Waals surface area (Å²) in [4.78, 5) is 4.63. The maximum absolute atomic E-state index is 2.35. The van der Waals surface area contributed by atoms with Gasteiger partial charge in [0.1, 0.15) is 0 Å². The minimum absolute atomic E-state index is 1.12. The molecule has 0 amide bonds. The van der Waals surface area contributed by atoms with Crippen LogP contribution in [0.15, 0.2) is 218 Å². The number of anilines is 6. The van der Waals surface area contributed by atoms with E-state index in [4.69, 9.17) is 0 Å². The molecule has 0 heterocycles. The van der Waals surface area contributed by atoms with Gasteiger partial charge < -0.3 is 9.80 Å². The second-order valence-corrected chi connectivity index (χ2v) is 13.5. The standard InChI is InChI=1S/C52H38N2/c1-3-15-47(16-4-1)53(48-17-5-2-6-18-48)49-31-23-40(24-32-49)20-19-39-21-25-43(26-22-39)44-27-33-50(34-28-44)54(51-35-29-41-11-7-9-13-45(41)37-51)52-36-30-42-12-8-10-14-46(42)38-52/h1-38H/b20-19+. The largest absolute Gasteiger partial charge is 0.311 e. The molecule has 0 unspecified atom stereocenters. The maximum Gasteiger partial charge on any atom is 0.0468 e. The third-order valence-corrected chi connectivity index (χ3v) is 10.0. The number of hydrogen-bond acceptors (Lipinski definition) is 2. The highest BCUT2D eigenvalue weighted by Gasteiger charge is 2.15. The maximum atomic E-state index is 2.35. The molecule has 0 N–H and O–H groups in total. The van der Waals surface area contributed by atoms with Crippen molar-refractivity contribution in [3.8, 4) is 11.1 Å². The Labute approximate surface area is 317 Å². The second-order valence-electron chi connectivity index (χ2n) is 13.5. The van der Waals surface area contributed by atoms with Gasteiger partial charge in [0.25, 0.3) is 0 Å². The first-order chi connectivity index (χ1) is 26.7. The first kappa shape index (κ1) is 32.7. The molecule has 0 aliphatic rings. The molecule has 0 aliphatic heterocycles. The lowest BCUT2D eigenvalue weighted by atomic mass is 10.0. The van der Waals surface area contributed by atoms with Gasteiger partial charge >= 0.3 is 0 Å². The van der Waals surface area contributed by atoms with E-state index in [0.717, 1.165) is 45.3 Å². The molecule has 256 valence electrons. The van der Waals surface area contributed by atoms with Gasteiger partial charge in [-0.15, -0.1) is 0 Å². The van der Waals surface area contributed by atoms with Gasteiger partial charge in [-0.1, -0.05) is 158 Å². The molecule has 0 aliphatic carbocycles. The Morgan fingerprint density at radius 1 is 0.241 bits per heavy atom. The van der Waals surface area contributed by atoms with E-state index in [2.05, 4.69) is 240 Å². The van der Waals surface area contributed by atoms with E-state index in [0.29, 0.717) is 0 Å². The van der Waals surface area contributed by atoms with Crippen molar-refractivity contribution in [3.63, 3.8) is 0 Å². The molecule has 9 aromatic carbocycles. The Balaban J connectivity index is 0.947. The molecule has 0 saturated carbocycles. The van der Waals surface area contributed by atoms with Gasteiger partial charge in [-0.3, -0.25) is 0 Å². The topological polar surface area (TPSA) is 6.48 Å². The van der Waals surface area contributed by atoms with Crippen LogP contribution in [0, 0.1) is 0 Å². The lowest BCUT2D eigenvalue weighted by Gasteiger charge is -2.26. The van der Waals surface area contributed by atoms with Gasteiger partial charge in [0.15, 0.2) is 0 Å². The van der Waals surface area contributed by atoms with Gasteiger partial charge in [-0.2, -0.15) is 0 Å². The summed E-state index contributed by atoms with van der Waals surface area (Å²) in [6.45, 7) is 0. The first-order valence-electron chi connectivity index (χ1n) is 18.4. The molecule has 54 heavy (non-hydrogen) atoms. The highest BCUT2D eigenvalue weighted by Crippen LogP contribution is 2.39. The third-order valence-electron chi connectivity index (χ3n) is 10.0. The van der Waals surface area contributed by atoms with Crippen molar-refractivity contribution in [1.82, 2.24) is 0 Å². The monoisotopic (exact) mass is 690 g/mol. The fourth-order valence-electron chi connectivity index (χ4n) is 7.20. The number of benzene rings is 9. The van der Waals surface area contributed by atoms with Crippen LogP contribution in [0.2, 0.25) is 0 Å². The molecule has 0 aromatic heterocycles. The van der Waals surface area contributed by atoms with E-state index < -0.39 is 0 Å². The van der Waals surface area contributed by atoms with Gasteiger partial charge in [0.2, 0.25) is 0 Å². The van der Waals surface area contributed by atoms with Crippen LogP contribution in [0.25, 0.3) is 44.8 Å². The van der Waals surface area contributed by atoms with Crippen molar-refractivity contribution in [2.45, 2.75) is 0 Å². The van der Waals surface area contributed by atoms with Crippen LogP contribution in [0.4, 0.5) is 34.1 Å². The predicted octanol–water partition coefficient (Wildman–Crippen LogP) is 14.8. The van der Waals surface area contributed by atoms with Crippen LogP contribution >= 0.6 is 0 Å². The molecule has 0 atom stereocenters. The van der Waals surface area contributed by atoms with E-state index in [-0.39, 0.29) is 0 Å². The molecule has 0 radical (unpaired) electrons. The second kappa shape index (κ2) is 14.8. The van der Waals surface area contributed by atoms with Crippen LogP contribution in [-0.4, -0.2) is 0 Å². The van der Waals surface area contributed by atoms with Crippen molar-refractivity contribution >= 4 is 67.8 Å². The number of hydrogen-bond donors (Lipinski definition) is 0. The lowest BCUT2D eigenvalue weighted by Crippen LogP contribution is -2.09. The minimum atomic E-state index is 1.12. The summed E-state index contributed by atoms with van der Waals surface area (Å²) in [5.41, 5.74) is 11.5. The van der Waals surface area contributed by atoms with Crippen LogP contribution in [0.1, 0.15) is 11.1 Å². The number of nitrogens with zero attached hydrogens (tertiary/aromatic N) is 2. The lowest BCUT2D eigenvalue weighted by molar-refractivity contribution is 1.28. The molecular formula is C52H38N2. The Bertz CT molecular complexity index is 2560. The Morgan fingerprint density at radius 2 is 0.556 bits per heavy atom. The number of rotatable bonds is 9. The Kier molecular flexibility index (Phi) is 8.99. The van der Waals surface area contributed by atoms with E-state index in [9.17, 15) is 0 Å². The zero-order chi connectivity index (χ0) is 36.1. The van der Waals surface area contributed by atoms with E-state index >= 15 is 0 Å². The van der Waals surface area contributed by atoms with E-state index in [1.165, 1.54) is 32.7 Å². The first-order valence-corrected chi connectivity index (χ1v) is 18.4. The van der Waals surface area contributed by atoms with Crippen molar-refractivity contribution in [2.75, 3.05) is 9.80 Å². The predicted molar refractivity (Wildman–Crippen MR) is 232 cm³/mol. The van der Waals surface area contributed by atoms with E-state index in [1.807, 2.05) is 0 Å². The van der Waals surface area contributed by atoms with Gasteiger partial charge in [-0.25, -0.2) is 0 Å². The van der Waals surface area contributed by atoms with Crippen molar-refractivity contribution in [2.24, 2.45) is 0 Å². The van der Waals surface area contributed by atoms with Gasteiger partial charge in [0, 0.05) is 34.1 Å². The van der Waals surface area contributed by atoms with Crippen LogP contribution in [0.5, 0.6) is 0 Å². The van der Waals surface area contributed by atoms with Crippen molar-refractivity contribution < 1.29 is 0 Å². The van der Waals surface area contributed by atoms with Crippen LogP contribution in [0.3, 0.4) is 0 Å². The normalized spacial score (nSPS) is 11.3. The Hall–Kier alpha value is -7.16. The summed E-state index contributed by atoms with van der Waals surface area (Å²) >= 11 is 0. The summed E-state index contributed by atoms with van der Waals surface area (Å²) in [5.74, 6) is 0. The van der Waals surface area contributed by atoms with Gasteiger partial charge in [0.05, 0.1) is 0 Å². The highest BCUT2D eigenvalue weighted by molar-refractivity contribution is 5.92. The average Bonchev–Trinajstić information content (AvgIpc) is 3.25. The highest BCUT2D eigenvalue weighted by atomic mass is 15.1. The third kappa shape index (κ3) is 6.89. The summed E-state index contributed by atoms with van der Waals surface area (Å²) in [5, 5.41) is 4.92. The molecule has 0 bridgehead atoms. The fraction of sp³-hybridized carbons (Fsp3) is 0. The molecule has 9 rings (SSSR count). The van der Waals surface area contributed by atoms with Crippen molar-refractivity contribution in [1.29, 1.82) is 0 Å². The number of fused-ring (bicyclic) bond motifs is 2. The molecular weight excluding hydrogens is 653 g/mol. The molecule has 0 spiro atoms. The van der Waals surface area contributed by atoms with Gasteiger partial charge in [-0.05, 0) is 117 Å². The molecule has 2 heteroatoms. The summed E-state index contributed by atoms with van der Waals surface area (Å²) in [7, 11) is 0. The Morgan fingerprint density at radius 3 is 1.02 bits per heavy atom. The van der Waals surface area contributed by atoms with E-state index in [1.54, 1.807) is 0 Å². The molecule has 9 aromatic rings. The van der Waals surface area contributed by atoms with Crippen LogP contribution < -0.4 is 9.80 Å². The summed E-state index contributed by atoms with van der Waals surface area (Å²) < 4.78 is 0. The van der Waals surface area contributed by atoms with Crippen LogP contribution in [-0.2, 0) is 0 Å². The zero-order valence-electron chi connectivity index (χ0n) is 29.8. The smallest absolute Gasteiger partial charge is 0.0468 e. The molecule has 0 saturated heterocycles. The fourth-order valence-corrected chi connectivity index (χ4v) is 7.20. The minimum Gasteiger partial charge on any atom is -0.311 e. The van der Waals surface area contributed by atoms with Crippen molar-refractivity contribution in [3.05, 3.63) is 230 Å². The number of para-hydroxylation sites is 2. The zero-order valence-corrected chi connectivity index (χ0v) is 29.8. The summed E-state index contributed by atoms with van der Waals surface area (Å²) in [6, 6.07) is 78.0. The quantitative estimate of drug-likeness (QED) is 0.139. The summed E-state index contributed by atoms with van der Waals surface area (Å²) in [6.07, 6.45) is 4.36. The SMILES string of the molecule is C(=C\c1ccc(N(c2ccccc2)c2ccccc2)cc1)/c1ccc(-c2ccc(N(c3ccc4ccccc4c3)c3ccc4ccccc4c3)cc2)cc1. The average molecular weight is 691 g/mol. The molecule has 0 fully saturated rings.